The predicted molar refractivity (Wildman–Crippen MR) is 72.3 cm³/mol. The van der Waals surface area contributed by atoms with Gasteiger partial charge in [0.1, 0.15) is 17.1 Å². The van der Waals surface area contributed by atoms with Crippen molar-refractivity contribution in [2.45, 2.75) is 26.2 Å². The molecule has 2 N–H and O–H groups in total. The molecule has 0 unspecified atom stereocenters. The van der Waals surface area contributed by atoms with Gasteiger partial charge in [-0.1, -0.05) is 0 Å². The molecule has 0 fully saturated rings. The number of halogens is 1. The Hall–Kier alpha value is -2.09. The molecule has 0 bridgehead atoms. The van der Waals surface area contributed by atoms with Crippen LogP contribution in [0.4, 0.5) is 4.39 Å². The molecule has 1 aliphatic rings. The molecule has 2 rings (SSSR count). The summed E-state index contributed by atoms with van der Waals surface area (Å²) in [7, 11) is -1.32. The molecular formula is C13H15BFNO5. The van der Waals surface area contributed by atoms with Gasteiger partial charge >= 0.3 is 13.1 Å². The van der Waals surface area contributed by atoms with Crippen LogP contribution in [0.3, 0.4) is 0 Å². The van der Waals surface area contributed by atoms with Gasteiger partial charge in [-0.25, -0.2) is 9.18 Å². The topological polar surface area (TPSA) is 84.9 Å². The summed E-state index contributed by atoms with van der Waals surface area (Å²) in [6, 6.07) is 2.21. The van der Waals surface area contributed by atoms with E-state index in [2.05, 4.69) is 5.32 Å². The normalized spacial score (nSPS) is 16.8. The Labute approximate surface area is 121 Å². The molecule has 1 aliphatic heterocycles. The van der Waals surface area contributed by atoms with E-state index in [0.717, 1.165) is 6.07 Å². The van der Waals surface area contributed by atoms with Crippen molar-refractivity contribution in [2.75, 3.05) is 6.61 Å². The van der Waals surface area contributed by atoms with E-state index in [1.165, 1.54) is 13.0 Å². The van der Waals surface area contributed by atoms with Crippen LogP contribution in [-0.4, -0.2) is 36.6 Å². The highest BCUT2D eigenvalue weighted by molar-refractivity contribution is 6.47. The van der Waals surface area contributed by atoms with Crippen LogP contribution in [0, 0.1) is 5.82 Å². The molecular weight excluding hydrogens is 280 g/mol. The van der Waals surface area contributed by atoms with Crippen LogP contribution in [0.1, 0.15) is 29.8 Å². The summed E-state index contributed by atoms with van der Waals surface area (Å²) in [5, 5.41) is 12.4. The minimum absolute atomic E-state index is 0.0767. The average Bonchev–Trinajstić information content (AvgIpc) is 2.39. The third-order valence-corrected chi connectivity index (χ3v) is 3.04. The quantitative estimate of drug-likeness (QED) is 0.625. The van der Waals surface area contributed by atoms with Gasteiger partial charge in [0.05, 0.1) is 12.5 Å². The van der Waals surface area contributed by atoms with Crippen molar-refractivity contribution in [3.8, 4) is 5.75 Å². The van der Waals surface area contributed by atoms with Crippen LogP contribution >= 0.6 is 0 Å². The maximum atomic E-state index is 13.6. The van der Waals surface area contributed by atoms with Gasteiger partial charge in [-0.05, 0) is 31.0 Å². The molecule has 1 aromatic rings. The van der Waals surface area contributed by atoms with Crippen molar-refractivity contribution < 1.29 is 28.4 Å². The molecule has 0 aromatic heterocycles. The van der Waals surface area contributed by atoms with Crippen LogP contribution in [0.15, 0.2) is 12.1 Å². The van der Waals surface area contributed by atoms with Gasteiger partial charge in [0.25, 0.3) is 0 Å². The number of rotatable bonds is 3. The predicted octanol–water partition coefficient (Wildman–Crippen LogP) is 0.462. The second-order valence-electron chi connectivity index (χ2n) is 4.68. The minimum Gasteiger partial charge on any atom is -0.534 e. The number of carbonyl (C=O) groups excluding carboxylic acids is 2. The fraction of sp³-hybridized carbons (Fsp3) is 0.385. The number of nitrogens with one attached hydrogen (secondary N) is 1. The Morgan fingerprint density at radius 3 is 2.90 bits per heavy atom. The smallest absolute Gasteiger partial charge is 0.534 e. The lowest BCUT2D eigenvalue weighted by molar-refractivity contribution is -0.119. The lowest BCUT2D eigenvalue weighted by Crippen LogP contribution is -2.52. The van der Waals surface area contributed by atoms with Crippen LogP contribution in [0.5, 0.6) is 5.75 Å². The minimum atomic E-state index is -1.32. The maximum absolute atomic E-state index is 13.6. The van der Waals surface area contributed by atoms with Gasteiger partial charge in [-0.3, -0.25) is 4.79 Å². The van der Waals surface area contributed by atoms with Crippen LogP contribution < -0.4 is 9.97 Å². The summed E-state index contributed by atoms with van der Waals surface area (Å²) in [6.07, 6.45) is 0.153. The maximum Gasteiger partial charge on any atom is 0.547 e. The summed E-state index contributed by atoms with van der Waals surface area (Å²) in [6.45, 7) is 3.07. The fourth-order valence-corrected chi connectivity index (χ4v) is 2.23. The van der Waals surface area contributed by atoms with Gasteiger partial charge in [-0.15, -0.1) is 0 Å². The first-order valence-corrected chi connectivity index (χ1v) is 6.53. The van der Waals surface area contributed by atoms with Gasteiger partial charge in [-0.2, -0.15) is 0 Å². The number of amides is 1. The Bertz CT molecular complexity index is 580. The number of hydrogen-bond acceptors (Lipinski definition) is 5. The molecule has 0 aliphatic carbocycles. The molecule has 0 radical (unpaired) electrons. The van der Waals surface area contributed by atoms with Gasteiger partial charge in [0.2, 0.25) is 5.91 Å². The highest BCUT2D eigenvalue weighted by Crippen LogP contribution is 2.31. The van der Waals surface area contributed by atoms with Crippen molar-refractivity contribution in [3.05, 3.63) is 29.1 Å². The molecule has 0 saturated heterocycles. The molecule has 1 amide bonds. The molecule has 112 valence electrons. The SMILES string of the molecule is CCOC(=O)c1cc(F)cc2c1OB(O)[C@@H](NC(C)=O)C2. The third kappa shape index (κ3) is 3.33. The molecule has 0 saturated carbocycles. The average molecular weight is 295 g/mol. The summed E-state index contributed by atoms with van der Waals surface area (Å²) in [5.74, 6) is -2.29. The fourth-order valence-electron chi connectivity index (χ4n) is 2.23. The number of esters is 1. The van der Waals surface area contributed by atoms with E-state index in [4.69, 9.17) is 9.39 Å². The lowest BCUT2D eigenvalue weighted by atomic mass is 9.72. The largest absolute Gasteiger partial charge is 0.547 e. The zero-order valence-corrected chi connectivity index (χ0v) is 11.7. The van der Waals surface area contributed by atoms with E-state index in [9.17, 15) is 19.0 Å². The molecule has 1 aromatic carbocycles. The van der Waals surface area contributed by atoms with Gasteiger partial charge in [0.15, 0.2) is 0 Å². The summed E-state index contributed by atoms with van der Waals surface area (Å²) in [5.41, 5.74) is 0.314. The first-order valence-electron chi connectivity index (χ1n) is 6.53. The first kappa shape index (κ1) is 15.3. The number of fused-ring (bicyclic) bond motifs is 1. The van der Waals surface area contributed by atoms with Crippen molar-refractivity contribution in [1.82, 2.24) is 5.32 Å². The number of benzene rings is 1. The van der Waals surface area contributed by atoms with E-state index in [1.54, 1.807) is 6.92 Å². The Morgan fingerprint density at radius 2 is 2.29 bits per heavy atom. The number of hydrogen-bond donors (Lipinski definition) is 2. The molecule has 1 atom stereocenters. The summed E-state index contributed by atoms with van der Waals surface area (Å²) in [4.78, 5) is 22.9. The van der Waals surface area contributed by atoms with Crippen LogP contribution in [0.2, 0.25) is 0 Å². The Kier molecular flexibility index (Phi) is 4.47. The lowest BCUT2D eigenvalue weighted by Gasteiger charge is -2.28. The van der Waals surface area contributed by atoms with E-state index in [1.807, 2.05) is 0 Å². The number of ether oxygens (including phenoxy) is 1. The third-order valence-electron chi connectivity index (χ3n) is 3.04. The molecule has 8 heteroatoms. The van der Waals surface area contributed by atoms with E-state index in [-0.39, 0.29) is 30.2 Å². The van der Waals surface area contributed by atoms with Crippen LogP contribution in [-0.2, 0) is 16.0 Å². The summed E-state index contributed by atoms with van der Waals surface area (Å²) >= 11 is 0. The first-order chi connectivity index (χ1) is 9.92. The van der Waals surface area contributed by atoms with E-state index in [0.29, 0.717) is 5.56 Å². The van der Waals surface area contributed by atoms with Crippen molar-refractivity contribution in [1.29, 1.82) is 0 Å². The molecule has 1 heterocycles. The van der Waals surface area contributed by atoms with E-state index >= 15 is 0 Å². The molecule has 21 heavy (non-hydrogen) atoms. The highest BCUT2D eigenvalue weighted by Gasteiger charge is 2.37. The van der Waals surface area contributed by atoms with Crippen LogP contribution in [0.25, 0.3) is 0 Å². The van der Waals surface area contributed by atoms with Crippen molar-refractivity contribution in [2.24, 2.45) is 0 Å². The highest BCUT2D eigenvalue weighted by atomic mass is 19.1. The van der Waals surface area contributed by atoms with Crippen molar-refractivity contribution in [3.63, 3.8) is 0 Å². The second kappa shape index (κ2) is 6.13. The molecule has 0 spiro atoms. The Morgan fingerprint density at radius 1 is 1.57 bits per heavy atom. The second-order valence-corrected chi connectivity index (χ2v) is 4.68. The summed E-state index contributed by atoms with van der Waals surface area (Å²) < 4.78 is 23.7. The standard InChI is InChI=1S/C13H15BFNO5/c1-3-20-13(18)10-6-9(15)4-8-5-11(16-7(2)17)14(19)21-12(8)10/h4,6,11,19H,3,5H2,1-2H3,(H,16,17)/t11-/m0/s1. The monoisotopic (exact) mass is 295 g/mol. The van der Waals surface area contributed by atoms with Crippen molar-refractivity contribution >= 4 is 19.0 Å². The van der Waals surface area contributed by atoms with Gasteiger partial charge < -0.3 is 19.7 Å². The zero-order chi connectivity index (χ0) is 15.6. The van der Waals surface area contributed by atoms with E-state index < -0.39 is 24.8 Å². The molecule has 6 nitrogen and oxygen atoms in total. The number of carbonyl (C=O) groups is 2. The zero-order valence-electron chi connectivity index (χ0n) is 11.7. The van der Waals surface area contributed by atoms with Gasteiger partial charge in [0, 0.05) is 6.92 Å². The Balaban J connectivity index is 2.37.